The van der Waals surface area contributed by atoms with Crippen LogP contribution in [0.3, 0.4) is 0 Å². The van der Waals surface area contributed by atoms with Crippen LogP contribution in [0.5, 0.6) is 0 Å². The van der Waals surface area contributed by atoms with E-state index in [0.29, 0.717) is 0 Å². The van der Waals surface area contributed by atoms with E-state index < -0.39 is 16.1 Å². The van der Waals surface area contributed by atoms with E-state index in [-0.39, 0.29) is 11.7 Å². The molecule has 2 N–H and O–H groups in total. The second kappa shape index (κ2) is 5.96. The van der Waals surface area contributed by atoms with Gasteiger partial charge in [0.15, 0.2) is 0 Å². The zero-order valence-electron chi connectivity index (χ0n) is 7.31. The fraction of sp³-hybridized carbons (Fsp3) is 0.833. The first kappa shape index (κ1) is 13.9. The van der Waals surface area contributed by atoms with Gasteiger partial charge < -0.3 is 5.11 Å². The molecule has 0 aliphatic heterocycles. The summed E-state index contributed by atoms with van der Waals surface area (Å²) in [6, 6.07) is 0. The Kier molecular flexibility index (Phi) is 6.92. The summed E-state index contributed by atoms with van der Waals surface area (Å²) in [5, 5.41) is 7.42. The maximum absolute atomic E-state index is 10.00. The topological polar surface area (TPSA) is 91.7 Å². The minimum Gasteiger partial charge on any atom is -0.481 e. The molecule has 0 aromatic rings. The van der Waals surface area contributed by atoms with Crippen molar-refractivity contribution in [1.29, 1.82) is 0 Å². The molecule has 74 valence electrons. The Morgan fingerprint density at radius 1 is 1.42 bits per heavy atom. The van der Waals surface area contributed by atoms with Crippen LogP contribution in [0, 0.1) is 5.92 Å². The van der Waals surface area contributed by atoms with Gasteiger partial charge in [-0.3, -0.25) is 9.35 Å². The number of carbonyl (C=O) groups is 1. The SMILES string of the molecule is CC(=O)O.CC(C)CS(=O)(=O)O. The maximum Gasteiger partial charge on any atom is 0.300 e. The molecular weight excluding hydrogens is 184 g/mol. The monoisotopic (exact) mass is 198 g/mol. The smallest absolute Gasteiger partial charge is 0.300 e. The minimum atomic E-state index is -3.72. The predicted octanol–water partition coefficient (Wildman–Crippen LogP) is 0.621. The van der Waals surface area contributed by atoms with Crippen molar-refractivity contribution in [3.63, 3.8) is 0 Å². The lowest BCUT2D eigenvalue weighted by Gasteiger charge is -1.97. The second-order valence-electron chi connectivity index (χ2n) is 2.66. The molecule has 0 rings (SSSR count). The second-order valence-corrected chi connectivity index (χ2v) is 4.16. The molecule has 0 aromatic carbocycles. The van der Waals surface area contributed by atoms with Crippen molar-refractivity contribution >= 4 is 16.1 Å². The summed E-state index contributed by atoms with van der Waals surface area (Å²) in [4.78, 5) is 9.00. The van der Waals surface area contributed by atoms with E-state index >= 15 is 0 Å². The van der Waals surface area contributed by atoms with Crippen LogP contribution < -0.4 is 0 Å². The van der Waals surface area contributed by atoms with Gasteiger partial charge in [-0.05, 0) is 5.92 Å². The highest BCUT2D eigenvalue weighted by molar-refractivity contribution is 7.85. The quantitative estimate of drug-likeness (QED) is 0.634. The maximum atomic E-state index is 10.00. The molecule has 6 heteroatoms. The Bertz CT molecular complexity index is 212. The molecule has 0 aliphatic rings. The van der Waals surface area contributed by atoms with Crippen LogP contribution in [0.25, 0.3) is 0 Å². The van der Waals surface area contributed by atoms with Crippen LogP contribution in [-0.2, 0) is 14.9 Å². The van der Waals surface area contributed by atoms with Crippen molar-refractivity contribution in [1.82, 2.24) is 0 Å². The van der Waals surface area contributed by atoms with E-state index in [9.17, 15) is 8.42 Å². The van der Waals surface area contributed by atoms with Gasteiger partial charge in [0.25, 0.3) is 16.1 Å². The first-order valence-electron chi connectivity index (χ1n) is 3.30. The highest BCUT2D eigenvalue weighted by Gasteiger charge is 2.05. The van der Waals surface area contributed by atoms with Crippen molar-refractivity contribution in [2.24, 2.45) is 5.92 Å². The molecule has 0 aromatic heterocycles. The van der Waals surface area contributed by atoms with Crippen molar-refractivity contribution in [2.75, 3.05) is 5.75 Å². The Morgan fingerprint density at radius 3 is 1.67 bits per heavy atom. The summed E-state index contributed by atoms with van der Waals surface area (Å²) in [5.74, 6) is -0.975. The molecule has 5 nitrogen and oxygen atoms in total. The van der Waals surface area contributed by atoms with Crippen molar-refractivity contribution in [3.8, 4) is 0 Å². The van der Waals surface area contributed by atoms with E-state index in [1.165, 1.54) is 0 Å². The molecule has 0 aliphatic carbocycles. The average Bonchev–Trinajstić information content (AvgIpc) is 1.52. The lowest BCUT2D eigenvalue weighted by molar-refractivity contribution is -0.134. The van der Waals surface area contributed by atoms with Gasteiger partial charge >= 0.3 is 0 Å². The highest BCUT2D eigenvalue weighted by Crippen LogP contribution is 1.95. The third kappa shape index (κ3) is 34.3. The lowest BCUT2D eigenvalue weighted by atomic mass is 10.3. The molecule has 0 spiro atoms. The summed E-state index contributed by atoms with van der Waals surface area (Å²) >= 11 is 0. The van der Waals surface area contributed by atoms with Crippen LogP contribution in [0.2, 0.25) is 0 Å². The number of hydrogen-bond acceptors (Lipinski definition) is 3. The van der Waals surface area contributed by atoms with E-state index in [4.69, 9.17) is 14.5 Å². The van der Waals surface area contributed by atoms with Gasteiger partial charge in [0.1, 0.15) is 0 Å². The summed E-state index contributed by atoms with van der Waals surface area (Å²) in [7, 11) is -3.72. The molecular formula is C6H14O5S. The fourth-order valence-corrected chi connectivity index (χ4v) is 1.26. The van der Waals surface area contributed by atoms with Crippen LogP contribution in [-0.4, -0.2) is 29.8 Å². The molecule has 0 atom stereocenters. The molecule has 0 unspecified atom stereocenters. The summed E-state index contributed by atoms with van der Waals surface area (Å²) < 4.78 is 28.2. The standard InChI is InChI=1S/C4H10O3S.C2H4O2/c1-4(2)3-8(5,6)7;1-2(3)4/h4H,3H2,1-2H3,(H,5,6,7);1H3,(H,3,4). The largest absolute Gasteiger partial charge is 0.481 e. The van der Waals surface area contributed by atoms with Gasteiger partial charge in [0.05, 0.1) is 5.75 Å². The summed E-state index contributed by atoms with van der Waals surface area (Å²) in [5.41, 5.74) is 0. The van der Waals surface area contributed by atoms with Gasteiger partial charge in [-0.15, -0.1) is 0 Å². The molecule has 12 heavy (non-hydrogen) atoms. The number of aliphatic carboxylic acids is 1. The molecule has 0 heterocycles. The fourth-order valence-electron chi connectivity index (χ4n) is 0.421. The van der Waals surface area contributed by atoms with Crippen molar-refractivity contribution in [2.45, 2.75) is 20.8 Å². The number of hydrogen-bond donors (Lipinski definition) is 2. The Hall–Kier alpha value is -0.620. The molecule has 0 amide bonds. The summed E-state index contributed by atoms with van der Waals surface area (Å²) in [6.07, 6.45) is 0. The zero-order chi connectivity index (χ0) is 10.4. The third-order valence-corrected chi connectivity index (χ3v) is 1.63. The number of carboxylic acids is 1. The van der Waals surface area contributed by atoms with E-state index in [0.717, 1.165) is 6.92 Å². The molecule has 0 saturated heterocycles. The number of rotatable bonds is 2. The van der Waals surface area contributed by atoms with Gasteiger partial charge in [0.2, 0.25) is 0 Å². The van der Waals surface area contributed by atoms with Gasteiger partial charge in [-0.2, -0.15) is 8.42 Å². The number of carboxylic acid groups (broad SMARTS) is 1. The van der Waals surface area contributed by atoms with Crippen molar-refractivity contribution in [3.05, 3.63) is 0 Å². The third-order valence-electron chi connectivity index (χ3n) is 0.544. The molecule has 0 radical (unpaired) electrons. The van der Waals surface area contributed by atoms with Crippen LogP contribution >= 0.6 is 0 Å². The van der Waals surface area contributed by atoms with Crippen LogP contribution in [0.4, 0.5) is 0 Å². The van der Waals surface area contributed by atoms with E-state index in [1.54, 1.807) is 13.8 Å². The average molecular weight is 198 g/mol. The normalized spacial score (nSPS) is 10.4. The lowest BCUT2D eigenvalue weighted by Crippen LogP contribution is -2.09. The van der Waals surface area contributed by atoms with Gasteiger partial charge in [-0.25, -0.2) is 0 Å². The molecule has 0 bridgehead atoms. The Balaban J connectivity index is 0. The minimum absolute atomic E-state index is 0.00463. The van der Waals surface area contributed by atoms with Crippen LogP contribution in [0.1, 0.15) is 20.8 Å². The predicted molar refractivity (Wildman–Crippen MR) is 44.6 cm³/mol. The zero-order valence-corrected chi connectivity index (χ0v) is 8.13. The Labute approximate surface area is 72.2 Å². The Morgan fingerprint density at radius 2 is 1.67 bits per heavy atom. The first-order valence-corrected chi connectivity index (χ1v) is 4.90. The van der Waals surface area contributed by atoms with Crippen molar-refractivity contribution < 1.29 is 22.9 Å². The van der Waals surface area contributed by atoms with E-state index in [2.05, 4.69) is 0 Å². The van der Waals surface area contributed by atoms with Gasteiger partial charge in [-0.1, -0.05) is 13.8 Å². The van der Waals surface area contributed by atoms with Crippen LogP contribution in [0.15, 0.2) is 0 Å². The molecule has 0 saturated carbocycles. The molecule has 0 fully saturated rings. The highest BCUT2D eigenvalue weighted by atomic mass is 32.2. The van der Waals surface area contributed by atoms with Gasteiger partial charge in [0, 0.05) is 6.92 Å². The van der Waals surface area contributed by atoms with E-state index in [1.807, 2.05) is 0 Å². The first-order chi connectivity index (χ1) is 5.15. The summed E-state index contributed by atoms with van der Waals surface area (Å²) in [6.45, 7) is 4.54.